The molecule has 0 saturated heterocycles. The minimum atomic E-state index is -0.434. The van der Waals surface area contributed by atoms with Gasteiger partial charge in [0.15, 0.2) is 5.70 Å². The minimum absolute atomic E-state index is 0. The number of aliphatic hydroxyl groups is 1. The van der Waals surface area contributed by atoms with Crippen molar-refractivity contribution in [2.24, 2.45) is 0 Å². The van der Waals surface area contributed by atoms with Crippen molar-refractivity contribution in [3.05, 3.63) is 65.9 Å². The molecule has 0 saturated carbocycles. The van der Waals surface area contributed by atoms with E-state index < -0.39 is 5.82 Å². The number of hydrazine groups is 2. The third-order valence-corrected chi connectivity index (χ3v) is 3.90. The lowest BCUT2D eigenvalue weighted by Crippen LogP contribution is -2.47. The molecular weight excluding hydrogens is 315 g/mol. The van der Waals surface area contributed by atoms with E-state index in [9.17, 15) is 14.3 Å². The summed E-state index contributed by atoms with van der Waals surface area (Å²) in [4.78, 5) is 14.0. The highest BCUT2D eigenvalue weighted by molar-refractivity contribution is 6.13. The molecule has 7 nitrogen and oxygen atoms in total. The summed E-state index contributed by atoms with van der Waals surface area (Å²) in [5.41, 5.74) is 4.83. The molecular formula is C16H15FN4O3. The zero-order valence-corrected chi connectivity index (χ0v) is 12.7. The molecule has 124 valence electrons. The lowest BCUT2D eigenvalue weighted by molar-refractivity contribution is -0.115. The van der Waals surface area contributed by atoms with Gasteiger partial charge in [-0.1, -0.05) is 18.2 Å². The summed E-state index contributed by atoms with van der Waals surface area (Å²) in [6.45, 7) is 0. The fourth-order valence-electron chi connectivity index (χ4n) is 2.77. The average Bonchev–Trinajstić information content (AvgIpc) is 2.90. The second-order valence-corrected chi connectivity index (χ2v) is 5.28. The lowest BCUT2D eigenvalue weighted by Gasteiger charge is -2.33. The van der Waals surface area contributed by atoms with Crippen LogP contribution in [0.3, 0.4) is 0 Å². The second kappa shape index (κ2) is 5.52. The summed E-state index contributed by atoms with van der Waals surface area (Å²) >= 11 is 0. The van der Waals surface area contributed by atoms with E-state index in [2.05, 4.69) is 5.53 Å². The van der Waals surface area contributed by atoms with Gasteiger partial charge in [-0.05, 0) is 30.3 Å². The fraction of sp³-hybridized carbons (Fsp3) is 0.0625. The highest BCUT2D eigenvalue weighted by Gasteiger charge is 2.42. The molecule has 2 heterocycles. The topological polar surface area (TPSA) is 90.6 Å². The van der Waals surface area contributed by atoms with Gasteiger partial charge in [-0.15, -0.1) is 5.53 Å². The van der Waals surface area contributed by atoms with Gasteiger partial charge >= 0.3 is 0 Å². The summed E-state index contributed by atoms with van der Waals surface area (Å²) in [6, 6.07) is 13.0. The van der Waals surface area contributed by atoms with Crippen LogP contribution in [0.1, 0.15) is 0 Å². The summed E-state index contributed by atoms with van der Waals surface area (Å²) in [5, 5.41) is 13.2. The molecule has 2 aromatic rings. The van der Waals surface area contributed by atoms with Gasteiger partial charge in [-0.3, -0.25) is 4.79 Å². The minimum Gasteiger partial charge on any atom is -0.492 e. The van der Waals surface area contributed by atoms with E-state index in [0.717, 1.165) is 5.69 Å². The Hall–Kier alpha value is -3.10. The van der Waals surface area contributed by atoms with Crippen molar-refractivity contribution in [2.45, 2.75) is 0 Å². The fourth-order valence-corrected chi connectivity index (χ4v) is 2.77. The molecule has 0 fully saturated rings. The predicted octanol–water partition coefficient (Wildman–Crippen LogP) is 1.45. The molecule has 4 rings (SSSR count). The lowest BCUT2D eigenvalue weighted by atomic mass is 10.1. The first-order chi connectivity index (χ1) is 11.1. The average molecular weight is 330 g/mol. The number of nitrogens with zero attached hydrogens (tertiary/aromatic N) is 3. The molecule has 4 N–H and O–H groups in total. The predicted molar refractivity (Wildman–Crippen MR) is 87.6 cm³/mol. The number of carbonyl (C=O) groups is 1. The first-order valence-electron chi connectivity index (χ1n) is 7.00. The van der Waals surface area contributed by atoms with Crippen LogP contribution >= 0.6 is 0 Å². The van der Waals surface area contributed by atoms with Crippen molar-refractivity contribution >= 4 is 23.0 Å². The Bertz CT molecular complexity index is 855. The SMILES string of the molecule is CN1C(=O)C2=C(O)N(c3cccc(F)c3)NN2c2ccccc21.O. The zero-order valence-electron chi connectivity index (χ0n) is 12.7. The number of hydrogen-bond acceptors (Lipinski definition) is 5. The summed E-state index contributed by atoms with van der Waals surface area (Å²) in [6.07, 6.45) is 0. The third-order valence-electron chi connectivity index (χ3n) is 3.90. The number of aliphatic hydroxyl groups excluding tert-OH is 1. The van der Waals surface area contributed by atoms with Gasteiger partial charge in [0, 0.05) is 7.05 Å². The van der Waals surface area contributed by atoms with E-state index in [1.807, 2.05) is 24.3 Å². The Balaban J connectivity index is 0.00000169. The first kappa shape index (κ1) is 15.8. The van der Waals surface area contributed by atoms with E-state index in [1.54, 1.807) is 13.1 Å². The standard InChI is InChI=1S/C16H13FN4O2.H2O/c1-19-12-7-2-3-8-13(12)21-14(15(19)22)16(23)20(18-21)11-6-4-5-10(17)9-11;/h2-9,18,23H,1H3;1H2. The quantitative estimate of drug-likeness (QED) is 0.826. The van der Waals surface area contributed by atoms with Crippen LogP contribution in [0.4, 0.5) is 21.5 Å². The van der Waals surface area contributed by atoms with E-state index in [1.165, 1.54) is 33.1 Å². The zero-order chi connectivity index (χ0) is 16.1. The van der Waals surface area contributed by atoms with Gasteiger partial charge in [0.25, 0.3) is 5.91 Å². The first-order valence-corrected chi connectivity index (χ1v) is 7.00. The maximum absolute atomic E-state index is 13.5. The molecule has 0 bridgehead atoms. The molecule has 24 heavy (non-hydrogen) atoms. The van der Waals surface area contributed by atoms with Crippen LogP contribution in [-0.4, -0.2) is 23.5 Å². The molecule has 2 aromatic carbocycles. The van der Waals surface area contributed by atoms with E-state index >= 15 is 0 Å². The van der Waals surface area contributed by atoms with E-state index in [-0.39, 0.29) is 23.0 Å². The molecule has 1 amide bonds. The Morgan fingerprint density at radius 3 is 2.46 bits per heavy atom. The van der Waals surface area contributed by atoms with E-state index in [4.69, 9.17) is 0 Å². The van der Waals surface area contributed by atoms with Crippen molar-refractivity contribution in [1.29, 1.82) is 0 Å². The normalized spacial score (nSPS) is 16.1. The van der Waals surface area contributed by atoms with Gasteiger partial charge in [0.05, 0.1) is 17.1 Å². The third kappa shape index (κ3) is 2.08. The molecule has 0 atom stereocenters. The second-order valence-electron chi connectivity index (χ2n) is 5.28. The number of rotatable bonds is 1. The van der Waals surface area contributed by atoms with E-state index in [0.29, 0.717) is 11.4 Å². The Labute approximate surface area is 137 Å². The van der Waals surface area contributed by atoms with Crippen LogP contribution in [0.2, 0.25) is 0 Å². The smallest absolute Gasteiger partial charge is 0.281 e. The Kier molecular flexibility index (Phi) is 3.63. The molecule has 0 aromatic heterocycles. The van der Waals surface area contributed by atoms with Crippen molar-refractivity contribution < 1.29 is 19.8 Å². The molecule has 0 aliphatic carbocycles. The van der Waals surface area contributed by atoms with Gasteiger partial charge in [0.2, 0.25) is 5.88 Å². The summed E-state index contributed by atoms with van der Waals surface area (Å²) in [5.74, 6) is -1.06. The van der Waals surface area contributed by atoms with Crippen LogP contribution < -0.4 is 20.5 Å². The number of fused-ring (bicyclic) bond motifs is 3. The van der Waals surface area contributed by atoms with Gasteiger partial charge in [-0.2, -0.15) is 0 Å². The summed E-state index contributed by atoms with van der Waals surface area (Å²) in [7, 11) is 1.64. The van der Waals surface area contributed by atoms with Crippen LogP contribution in [0.25, 0.3) is 0 Å². The van der Waals surface area contributed by atoms with Crippen molar-refractivity contribution in [1.82, 2.24) is 5.53 Å². The highest BCUT2D eigenvalue weighted by Crippen LogP contribution is 2.39. The highest BCUT2D eigenvalue weighted by atomic mass is 19.1. The number of halogens is 1. The molecule has 0 spiro atoms. The molecule has 2 aliphatic rings. The van der Waals surface area contributed by atoms with Gasteiger partial charge in [-0.25, -0.2) is 14.4 Å². The molecule has 0 unspecified atom stereocenters. The van der Waals surface area contributed by atoms with Crippen molar-refractivity contribution in [3.8, 4) is 0 Å². The number of nitrogens with one attached hydrogen (secondary N) is 1. The number of anilines is 3. The van der Waals surface area contributed by atoms with Gasteiger partial charge < -0.3 is 15.5 Å². The van der Waals surface area contributed by atoms with Crippen LogP contribution in [0.5, 0.6) is 0 Å². The Morgan fingerprint density at radius 1 is 1.04 bits per heavy atom. The molecule has 0 radical (unpaired) electrons. The number of hydrogen-bond donors (Lipinski definition) is 2. The molecule has 8 heteroatoms. The number of likely N-dealkylation sites (N-methyl/N-ethyl adjacent to an activating group) is 1. The van der Waals surface area contributed by atoms with Crippen molar-refractivity contribution in [3.63, 3.8) is 0 Å². The maximum Gasteiger partial charge on any atom is 0.281 e. The maximum atomic E-state index is 13.5. The van der Waals surface area contributed by atoms with Crippen LogP contribution in [0.15, 0.2) is 60.1 Å². The number of para-hydroxylation sites is 2. The van der Waals surface area contributed by atoms with Crippen LogP contribution in [0, 0.1) is 5.82 Å². The Morgan fingerprint density at radius 2 is 1.75 bits per heavy atom. The number of carbonyl (C=O) groups excluding carboxylic acids is 1. The van der Waals surface area contributed by atoms with Crippen LogP contribution in [-0.2, 0) is 4.79 Å². The number of benzene rings is 2. The van der Waals surface area contributed by atoms with Crippen molar-refractivity contribution in [2.75, 3.05) is 22.0 Å². The number of amides is 1. The van der Waals surface area contributed by atoms with Gasteiger partial charge in [0.1, 0.15) is 5.82 Å². The molecule has 2 aliphatic heterocycles. The largest absolute Gasteiger partial charge is 0.492 e. The summed E-state index contributed by atoms with van der Waals surface area (Å²) < 4.78 is 13.5. The monoisotopic (exact) mass is 330 g/mol.